The summed E-state index contributed by atoms with van der Waals surface area (Å²) < 4.78 is 2.99. The highest BCUT2D eigenvalue weighted by molar-refractivity contribution is 5.57. The van der Waals surface area contributed by atoms with Crippen LogP contribution in [0.4, 0.5) is 11.6 Å². The van der Waals surface area contributed by atoms with Gasteiger partial charge in [-0.25, -0.2) is 18.9 Å². The van der Waals surface area contributed by atoms with Gasteiger partial charge in [-0.05, 0) is 44.0 Å². The molecule has 4 aromatic rings. The smallest absolute Gasteiger partial charge is 0.325 e. The van der Waals surface area contributed by atoms with E-state index in [0.717, 1.165) is 22.5 Å². The van der Waals surface area contributed by atoms with Crippen molar-refractivity contribution < 1.29 is 0 Å². The number of aromatic nitrogens is 4. The fourth-order valence-corrected chi connectivity index (χ4v) is 3.06. The summed E-state index contributed by atoms with van der Waals surface area (Å²) in [5.74, 6) is 0.468. The number of aryl methyl sites for hydroxylation is 3. The van der Waals surface area contributed by atoms with Gasteiger partial charge in [-0.15, -0.1) is 5.10 Å². The quantitative estimate of drug-likeness (QED) is 0.605. The fourth-order valence-electron chi connectivity index (χ4n) is 3.06. The molecule has 2 aromatic carbocycles. The Kier molecular flexibility index (Phi) is 4.24. The van der Waals surface area contributed by atoms with Gasteiger partial charge >= 0.3 is 5.69 Å². The molecule has 6 nitrogen and oxygen atoms in total. The fraction of sp³-hybridized carbons (Fsp3) is 0.190. The van der Waals surface area contributed by atoms with Crippen LogP contribution in [0.15, 0.2) is 59.4 Å². The first-order valence-corrected chi connectivity index (χ1v) is 8.86. The molecule has 0 saturated heterocycles. The lowest BCUT2D eigenvalue weighted by Gasteiger charge is -2.08. The Morgan fingerprint density at radius 3 is 2.48 bits per heavy atom. The molecular formula is C21H21N5O. The molecule has 6 heteroatoms. The van der Waals surface area contributed by atoms with Gasteiger partial charge in [0.1, 0.15) is 0 Å². The van der Waals surface area contributed by atoms with Crippen molar-refractivity contribution in [2.75, 3.05) is 5.32 Å². The van der Waals surface area contributed by atoms with E-state index in [1.54, 1.807) is 0 Å². The van der Waals surface area contributed by atoms with Crippen LogP contribution in [0, 0.1) is 20.8 Å². The lowest BCUT2D eigenvalue weighted by molar-refractivity contribution is 0.658. The molecule has 0 amide bonds. The molecule has 1 N–H and O–H groups in total. The summed E-state index contributed by atoms with van der Waals surface area (Å²) in [6.07, 6.45) is 0. The molecule has 0 spiro atoms. The Morgan fingerprint density at radius 1 is 0.963 bits per heavy atom. The van der Waals surface area contributed by atoms with Crippen molar-refractivity contribution in [3.8, 4) is 0 Å². The van der Waals surface area contributed by atoms with Gasteiger partial charge < -0.3 is 5.32 Å². The van der Waals surface area contributed by atoms with E-state index in [9.17, 15) is 4.79 Å². The van der Waals surface area contributed by atoms with Gasteiger partial charge in [-0.1, -0.05) is 42.0 Å². The number of hydrogen-bond donors (Lipinski definition) is 1. The Morgan fingerprint density at radius 2 is 1.74 bits per heavy atom. The van der Waals surface area contributed by atoms with E-state index in [-0.39, 0.29) is 5.69 Å². The number of rotatable bonds is 4. The lowest BCUT2D eigenvalue weighted by Crippen LogP contribution is -2.23. The third-order valence-electron chi connectivity index (χ3n) is 4.42. The third-order valence-corrected chi connectivity index (χ3v) is 4.42. The summed E-state index contributed by atoms with van der Waals surface area (Å²) in [4.78, 5) is 17.5. The Bertz CT molecular complexity index is 1170. The van der Waals surface area contributed by atoms with Crippen LogP contribution in [-0.4, -0.2) is 19.2 Å². The van der Waals surface area contributed by atoms with Crippen LogP contribution in [0.2, 0.25) is 0 Å². The zero-order chi connectivity index (χ0) is 19.0. The van der Waals surface area contributed by atoms with E-state index in [2.05, 4.69) is 15.4 Å². The number of fused-ring (bicyclic) bond motifs is 1. The van der Waals surface area contributed by atoms with Crippen LogP contribution in [0.1, 0.15) is 22.4 Å². The summed E-state index contributed by atoms with van der Waals surface area (Å²) >= 11 is 0. The average Bonchev–Trinajstić information content (AvgIpc) is 2.92. The van der Waals surface area contributed by atoms with Crippen molar-refractivity contribution in [2.45, 2.75) is 27.3 Å². The maximum atomic E-state index is 13.0. The normalized spacial score (nSPS) is 11.1. The zero-order valence-corrected chi connectivity index (χ0v) is 15.6. The number of benzene rings is 2. The molecule has 4 rings (SSSR count). The van der Waals surface area contributed by atoms with Gasteiger partial charge in [-0.3, -0.25) is 0 Å². The van der Waals surface area contributed by atoms with Crippen molar-refractivity contribution in [3.63, 3.8) is 0 Å². The van der Waals surface area contributed by atoms with E-state index >= 15 is 0 Å². The lowest BCUT2D eigenvalue weighted by atomic mass is 10.1. The summed E-state index contributed by atoms with van der Waals surface area (Å²) in [7, 11) is 0. The van der Waals surface area contributed by atoms with Gasteiger partial charge in [0.05, 0.1) is 6.54 Å². The first kappa shape index (κ1) is 17.0. The van der Waals surface area contributed by atoms with E-state index in [4.69, 9.17) is 0 Å². The minimum absolute atomic E-state index is 0.215. The van der Waals surface area contributed by atoms with Crippen LogP contribution in [0.3, 0.4) is 0 Å². The first-order chi connectivity index (χ1) is 13.0. The monoisotopic (exact) mass is 359 g/mol. The molecule has 136 valence electrons. The zero-order valence-electron chi connectivity index (χ0n) is 15.6. The number of nitrogens with zero attached hydrogens (tertiary/aromatic N) is 4. The highest BCUT2D eigenvalue weighted by atomic mass is 16.2. The predicted molar refractivity (Wildman–Crippen MR) is 107 cm³/mol. The average molecular weight is 359 g/mol. The number of anilines is 2. The van der Waals surface area contributed by atoms with Crippen LogP contribution in [0.25, 0.3) is 5.65 Å². The molecule has 0 bridgehead atoms. The molecule has 0 radical (unpaired) electrons. The predicted octanol–water partition coefficient (Wildman–Crippen LogP) is 3.61. The standard InChI is InChI=1S/C21H21N5O/c1-14-7-9-17(10-8-14)13-25-21(27)26-19(24-25)12-16(3)22-20(26)23-18-6-4-5-15(2)11-18/h4-12H,13H2,1-3H3,(H,22,23). The van der Waals surface area contributed by atoms with Crippen LogP contribution >= 0.6 is 0 Å². The third kappa shape index (κ3) is 3.46. The molecule has 0 aliphatic rings. The summed E-state index contributed by atoms with van der Waals surface area (Å²) in [6.45, 7) is 6.38. The molecule has 27 heavy (non-hydrogen) atoms. The molecule has 0 saturated carbocycles. The SMILES string of the molecule is Cc1ccc(Cn2nc3cc(C)nc(Nc4cccc(C)c4)n3c2=O)cc1. The van der Waals surface area contributed by atoms with Crippen molar-refractivity contribution in [1.29, 1.82) is 0 Å². The van der Waals surface area contributed by atoms with Crippen molar-refractivity contribution >= 4 is 17.3 Å². The first-order valence-electron chi connectivity index (χ1n) is 8.86. The molecule has 0 fully saturated rings. The van der Waals surface area contributed by atoms with Gasteiger partial charge in [0, 0.05) is 17.4 Å². The molecule has 2 aromatic heterocycles. The van der Waals surface area contributed by atoms with Gasteiger partial charge in [0.15, 0.2) is 5.65 Å². The number of hydrogen-bond acceptors (Lipinski definition) is 4. The Labute approximate surface area is 157 Å². The van der Waals surface area contributed by atoms with Gasteiger partial charge in [-0.2, -0.15) is 0 Å². The van der Waals surface area contributed by atoms with Crippen molar-refractivity contribution in [3.05, 3.63) is 87.5 Å². The Balaban J connectivity index is 1.77. The van der Waals surface area contributed by atoms with E-state index in [1.165, 1.54) is 14.6 Å². The molecule has 0 atom stereocenters. The maximum Gasteiger partial charge on any atom is 0.353 e. The summed E-state index contributed by atoms with van der Waals surface area (Å²) in [5.41, 5.74) is 5.39. The van der Waals surface area contributed by atoms with Gasteiger partial charge in [0.2, 0.25) is 5.95 Å². The second-order valence-electron chi connectivity index (χ2n) is 6.84. The van der Waals surface area contributed by atoms with E-state index < -0.39 is 0 Å². The highest BCUT2D eigenvalue weighted by Gasteiger charge is 2.13. The Hall–Kier alpha value is -3.41. The number of nitrogens with one attached hydrogen (secondary N) is 1. The molecule has 0 aliphatic heterocycles. The minimum Gasteiger partial charge on any atom is -0.325 e. The van der Waals surface area contributed by atoms with Gasteiger partial charge in [0.25, 0.3) is 0 Å². The van der Waals surface area contributed by atoms with E-state index in [0.29, 0.717) is 18.1 Å². The second kappa shape index (κ2) is 6.72. The van der Waals surface area contributed by atoms with Crippen LogP contribution in [-0.2, 0) is 6.54 Å². The van der Waals surface area contributed by atoms with Crippen LogP contribution in [0.5, 0.6) is 0 Å². The molecular weight excluding hydrogens is 338 g/mol. The molecule has 0 aliphatic carbocycles. The van der Waals surface area contributed by atoms with Crippen molar-refractivity contribution in [1.82, 2.24) is 19.2 Å². The second-order valence-corrected chi connectivity index (χ2v) is 6.84. The molecule has 2 heterocycles. The summed E-state index contributed by atoms with van der Waals surface area (Å²) in [5, 5.41) is 7.75. The van der Waals surface area contributed by atoms with E-state index in [1.807, 2.05) is 75.4 Å². The highest BCUT2D eigenvalue weighted by Crippen LogP contribution is 2.17. The van der Waals surface area contributed by atoms with Crippen LogP contribution < -0.4 is 11.0 Å². The summed E-state index contributed by atoms with van der Waals surface area (Å²) in [6, 6.07) is 17.9. The largest absolute Gasteiger partial charge is 0.353 e. The topological polar surface area (TPSA) is 64.2 Å². The maximum absolute atomic E-state index is 13.0. The van der Waals surface area contributed by atoms with Crippen molar-refractivity contribution in [2.24, 2.45) is 0 Å². The molecule has 0 unspecified atom stereocenters. The minimum atomic E-state index is -0.215.